The topological polar surface area (TPSA) is 70.9 Å². The van der Waals surface area contributed by atoms with Crippen molar-refractivity contribution in [3.05, 3.63) is 24.0 Å². The molecule has 0 aromatic carbocycles. The highest BCUT2D eigenvalue weighted by Crippen LogP contribution is 2.48. The van der Waals surface area contributed by atoms with Gasteiger partial charge in [0.05, 0.1) is 5.41 Å². The van der Waals surface area contributed by atoms with Gasteiger partial charge in [0.25, 0.3) is 0 Å². The van der Waals surface area contributed by atoms with Crippen molar-refractivity contribution in [1.82, 2.24) is 10.3 Å². The van der Waals surface area contributed by atoms with Gasteiger partial charge in [-0.15, -0.1) is 0 Å². The number of hydrogen-bond donors (Lipinski definition) is 3. The number of carbonyl (C=O) groups is 1. The summed E-state index contributed by atoms with van der Waals surface area (Å²) in [6.45, 7) is 1.06. The molecule has 14 heavy (non-hydrogen) atoms. The standard InChI is InChI=1S/C10H15N3O/c11-4-6-13-9(14)10(2-3-10)8-1-5-12-7-8/h1,5,7,12H,2-4,6,11H2,(H,13,14). The summed E-state index contributed by atoms with van der Waals surface area (Å²) in [4.78, 5) is 14.8. The summed E-state index contributed by atoms with van der Waals surface area (Å²) in [6.07, 6.45) is 5.64. The van der Waals surface area contributed by atoms with Crippen LogP contribution in [-0.2, 0) is 10.2 Å². The highest BCUT2D eigenvalue weighted by Gasteiger charge is 2.51. The Balaban J connectivity index is 2.06. The van der Waals surface area contributed by atoms with Crippen molar-refractivity contribution in [3.63, 3.8) is 0 Å². The molecule has 1 aromatic heterocycles. The zero-order valence-corrected chi connectivity index (χ0v) is 8.05. The summed E-state index contributed by atoms with van der Waals surface area (Å²) in [7, 11) is 0. The normalized spacial score (nSPS) is 17.8. The van der Waals surface area contributed by atoms with Gasteiger partial charge in [-0.05, 0) is 24.5 Å². The Kier molecular flexibility index (Phi) is 2.29. The second-order valence-electron chi connectivity index (χ2n) is 3.73. The molecule has 0 bridgehead atoms. The molecule has 1 heterocycles. The average Bonchev–Trinajstić information content (AvgIpc) is 2.83. The molecule has 0 atom stereocenters. The lowest BCUT2D eigenvalue weighted by atomic mass is 9.98. The molecule has 1 aromatic rings. The molecule has 4 N–H and O–H groups in total. The van der Waals surface area contributed by atoms with E-state index >= 15 is 0 Å². The first-order chi connectivity index (χ1) is 6.79. The van der Waals surface area contributed by atoms with E-state index in [1.54, 1.807) is 0 Å². The SMILES string of the molecule is NCCNC(=O)C1(c2cc[nH]c2)CC1. The molecule has 1 amide bonds. The molecule has 0 radical (unpaired) electrons. The maximum Gasteiger partial charge on any atom is 0.230 e. The molecule has 4 nitrogen and oxygen atoms in total. The average molecular weight is 193 g/mol. The van der Waals surface area contributed by atoms with Crippen LogP contribution in [0.4, 0.5) is 0 Å². The molecule has 0 saturated heterocycles. The fourth-order valence-electron chi connectivity index (χ4n) is 1.75. The second kappa shape index (κ2) is 3.46. The van der Waals surface area contributed by atoms with Crippen molar-refractivity contribution in [2.45, 2.75) is 18.3 Å². The van der Waals surface area contributed by atoms with E-state index in [1.165, 1.54) is 0 Å². The van der Waals surface area contributed by atoms with Crippen LogP contribution in [0.5, 0.6) is 0 Å². The largest absolute Gasteiger partial charge is 0.367 e. The van der Waals surface area contributed by atoms with E-state index in [0.717, 1.165) is 18.4 Å². The first-order valence-corrected chi connectivity index (χ1v) is 4.91. The Morgan fingerprint density at radius 2 is 2.43 bits per heavy atom. The minimum absolute atomic E-state index is 0.113. The second-order valence-corrected chi connectivity index (χ2v) is 3.73. The Morgan fingerprint density at radius 1 is 1.64 bits per heavy atom. The molecule has 1 aliphatic carbocycles. The molecular formula is C10H15N3O. The van der Waals surface area contributed by atoms with Gasteiger partial charge in [0.15, 0.2) is 0 Å². The Bertz CT molecular complexity index is 314. The van der Waals surface area contributed by atoms with Crippen molar-refractivity contribution < 1.29 is 4.79 Å². The molecule has 0 spiro atoms. The van der Waals surface area contributed by atoms with Crippen LogP contribution in [0.3, 0.4) is 0 Å². The molecule has 2 rings (SSSR count). The molecule has 1 aliphatic rings. The lowest BCUT2D eigenvalue weighted by Gasteiger charge is -2.13. The van der Waals surface area contributed by atoms with Gasteiger partial charge in [-0.1, -0.05) is 0 Å². The summed E-state index contributed by atoms with van der Waals surface area (Å²) in [6, 6.07) is 1.97. The molecule has 1 saturated carbocycles. The highest BCUT2D eigenvalue weighted by molar-refractivity contribution is 5.91. The summed E-state index contributed by atoms with van der Waals surface area (Å²) in [5, 5.41) is 2.85. The number of nitrogens with two attached hydrogens (primary N) is 1. The van der Waals surface area contributed by atoms with E-state index in [1.807, 2.05) is 18.5 Å². The minimum Gasteiger partial charge on any atom is -0.367 e. The third-order valence-corrected chi connectivity index (χ3v) is 2.77. The zero-order valence-electron chi connectivity index (χ0n) is 8.05. The lowest BCUT2D eigenvalue weighted by molar-refractivity contribution is -0.123. The fourth-order valence-corrected chi connectivity index (χ4v) is 1.75. The Hall–Kier alpha value is -1.29. The summed E-state index contributed by atoms with van der Waals surface area (Å²) >= 11 is 0. The van der Waals surface area contributed by atoms with E-state index in [0.29, 0.717) is 13.1 Å². The quantitative estimate of drug-likeness (QED) is 0.635. The highest BCUT2D eigenvalue weighted by atomic mass is 16.2. The van der Waals surface area contributed by atoms with Gasteiger partial charge in [0.1, 0.15) is 0 Å². The van der Waals surface area contributed by atoms with Crippen LogP contribution < -0.4 is 11.1 Å². The maximum atomic E-state index is 11.8. The van der Waals surface area contributed by atoms with Crippen molar-refractivity contribution in [1.29, 1.82) is 0 Å². The summed E-state index contributed by atoms with van der Waals surface area (Å²) in [5.41, 5.74) is 6.17. The van der Waals surface area contributed by atoms with Crippen LogP contribution in [0.1, 0.15) is 18.4 Å². The molecule has 0 unspecified atom stereocenters. The van der Waals surface area contributed by atoms with Crippen LogP contribution in [-0.4, -0.2) is 24.0 Å². The third-order valence-electron chi connectivity index (χ3n) is 2.77. The van der Waals surface area contributed by atoms with Gasteiger partial charge >= 0.3 is 0 Å². The Morgan fingerprint density at radius 3 is 2.93 bits per heavy atom. The van der Waals surface area contributed by atoms with E-state index in [2.05, 4.69) is 10.3 Å². The van der Waals surface area contributed by atoms with Crippen LogP contribution in [0.2, 0.25) is 0 Å². The van der Waals surface area contributed by atoms with Crippen molar-refractivity contribution in [2.75, 3.05) is 13.1 Å². The van der Waals surface area contributed by atoms with Crippen LogP contribution in [0, 0.1) is 0 Å². The number of aromatic nitrogens is 1. The van der Waals surface area contributed by atoms with Gasteiger partial charge < -0.3 is 16.0 Å². The van der Waals surface area contributed by atoms with Gasteiger partial charge in [0.2, 0.25) is 5.91 Å². The molecule has 4 heteroatoms. The predicted molar refractivity (Wildman–Crippen MR) is 53.8 cm³/mol. The third kappa shape index (κ3) is 1.42. The van der Waals surface area contributed by atoms with E-state index in [4.69, 9.17) is 5.73 Å². The monoisotopic (exact) mass is 193 g/mol. The predicted octanol–water partition coefficient (Wildman–Crippen LogP) is 0.121. The van der Waals surface area contributed by atoms with Gasteiger partial charge in [-0.3, -0.25) is 4.79 Å². The van der Waals surface area contributed by atoms with Gasteiger partial charge in [0, 0.05) is 25.5 Å². The molecule has 1 fully saturated rings. The van der Waals surface area contributed by atoms with Gasteiger partial charge in [-0.2, -0.15) is 0 Å². The van der Waals surface area contributed by atoms with Crippen molar-refractivity contribution in [3.8, 4) is 0 Å². The van der Waals surface area contributed by atoms with Crippen molar-refractivity contribution in [2.24, 2.45) is 5.73 Å². The number of hydrogen-bond acceptors (Lipinski definition) is 2. The zero-order chi connectivity index (χ0) is 10.0. The van der Waals surface area contributed by atoms with Gasteiger partial charge in [-0.25, -0.2) is 0 Å². The van der Waals surface area contributed by atoms with E-state index < -0.39 is 0 Å². The number of rotatable bonds is 4. The Labute approximate surface area is 82.9 Å². The number of carbonyl (C=O) groups excluding carboxylic acids is 1. The lowest BCUT2D eigenvalue weighted by Crippen LogP contribution is -2.37. The molecule has 0 aliphatic heterocycles. The van der Waals surface area contributed by atoms with Crippen LogP contribution in [0.25, 0.3) is 0 Å². The first kappa shape index (κ1) is 9.27. The van der Waals surface area contributed by atoms with Crippen LogP contribution >= 0.6 is 0 Å². The fraction of sp³-hybridized carbons (Fsp3) is 0.500. The molecular weight excluding hydrogens is 178 g/mol. The van der Waals surface area contributed by atoms with E-state index in [9.17, 15) is 4.79 Å². The maximum absolute atomic E-state index is 11.8. The summed E-state index contributed by atoms with van der Waals surface area (Å²) in [5.74, 6) is 0.113. The first-order valence-electron chi connectivity index (χ1n) is 4.91. The summed E-state index contributed by atoms with van der Waals surface area (Å²) < 4.78 is 0. The van der Waals surface area contributed by atoms with Crippen molar-refractivity contribution >= 4 is 5.91 Å². The minimum atomic E-state index is -0.255. The molecule has 76 valence electrons. The number of aromatic amines is 1. The van der Waals surface area contributed by atoms with Crippen LogP contribution in [0.15, 0.2) is 18.5 Å². The number of H-pyrrole nitrogens is 1. The number of nitrogens with one attached hydrogen (secondary N) is 2. The van der Waals surface area contributed by atoms with E-state index in [-0.39, 0.29) is 11.3 Å². The number of amides is 1. The smallest absolute Gasteiger partial charge is 0.230 e.